The molecule has 0 bridgehead atoms. The van der Waals surface area contributed by atoms with Gasteiger partial charge in [-0.05, 0) is 29.2 Å². The summed E-state index contributed by atoms with van der Waals surface area (Å²) < 4.78 is 40.3. The van der Waals surface area contributed by atoms with Gasteiger partial charge in [-0.25, -0.2) is 12.8 Å². The molecule has 2 aromatic rings. The van der Waals surface area contributed by atoms with Gasteiger partial charge in [-0.1, -0.05) is 32.9 Å². The van der Waals surface area contributed by atoms with E-state index < -0.39 is 15.9 Å². The number of sulfonamides is 1. The van der Waals surface area contributed by atoms with Crippen LogP contribution in [0.4, 0.5) is 4.39 Å². The van der Waals surface area contributed by atoms with Gasteiger partial charge in [-0.2, -0.15) is 16.1 Å². The maximum absolute atomic E-state index is 13.3. The molecule has 1 aliphatic rings. The first kappa shape index (κ1) is 21.9. The maximum Gasteiger partial charge on any atom is 0.268 e. The summed E-state index contributed by atoms with van der Waals surface area (Å²) in [6.45, 7) is 6.85. The Kier molecular flexibility index (Phi) is 6.40. The number of hydrogen-bond donors (Lipinski definition) is 2. The number of thioether (sulfide) groups is 1. The lowest BCUT2D eigenvalue weighted by molar-refractivity contribution is 0.0897. The smallest absolute Gasteiger partial charge is 0.268 e. The van der Waals surface area contributed by atoms with Crippen LogP contribution in [0.5, 0.6) is 0 Å². The number of nitrogens with zero attached hydrogens (tertiary/aromatic N) is 1. The molecule has 1 saturated heterocycles. The van der Waals surface area contributed by atoms with Gasteiger partial charge in [0.2, 0.25) is 10.0 Å². The van der Waals surface area contributed by atoms with Crippen molar-refractivity contribution in [3.63, 3.8) is 0 Å². The topological polar surface area (TPSA) is 82.3 Å². The van der Waals surface area contributed by atoms with Crippen LogP contribution >= 0.6 is 11.8 Å². The van der Waals surface area contributed by atoms with Crippen LogP contribution in [0.25, 0.3) is 0 Å². The van der Waals surface area contributed by atoms with E-state index >= 15 is 0 Å². The van der Waals surface area contributed by atoms with Crippen LogP contribution in [0.1, 0.15) is 42.9 Å². The Morgan fingerprint density at radius 3 is 2.41 bits per heavy atom. The molecular weight excluding hydrogens is 413 g/mol. The highest BCUT2D eigenvalue weighted by molar-refractivity contribution is 7.99. The van der Waals surface area contributed by atoms with Crippen molar-refractivity contribution in [2.45, 2.75) is 31.7 Å². The zero-order valence-electron chi connectivity index (χ0n) is 16.7. The summed E-state index contributed by atoms with van der Waals surface area (Å²) in [6.07, 6.45) is 1.36. The Morgan fingerprint density at radius 1 is 1.21 bits per heavy atom. The molecule has 6 nitrogen and oxygen atoms in total. The number of nitrogens with one attached hydrogen (secondary N) is 2. The number of halogens is 1. The molecule has 0 aliphatic carbocycles. The summed E-state index contributed by atoms with van der Waals surface area (Å²) in [5.41, 5.74) is 0.615. The van der Waals surface area contributed by atoms with Gasteiger partial charge in [0.25, 0.3) is 5.91 Å². The number of benzene rings is 1. The molecule has 1 aromatic heterocycles. The summed E-state index contributed by atoms with van der Waals surface area (Å²) >= 11 is 1.73. The summed E-state index contributed by atoms with van der Waals surface area (Å²) in [5.74, 6) is 0.775. The van der Waals surface area contributed by atoms with Gasteiger partial charge in [0.1, 0.15) is 16.4 Å². The Morgan fingerprint density at radius 2 is 1.83 bits per heavy atom. The first-order chi connectivity index (χ1) is 13.6. The highest BCUT2D eigenvalue weighted by atomic mass is 32.2. The van der Waals surface area contributed by atoms with Crippen molar-refractivity contribution in [2.75, 3.05) is 24.6 Å². The van der Waals surface area contributed by atoms with Gasteiger partial charge in [0.05, 0.1) is 6.04 Å². The molecule has 158 valence electrons. The highest BCUT2D eigenvalue weighted by Crippen LogP contribution is 2.33. The van der Waals surface area contributed by atoms with E-state index in [2.05, 4.69) is 10.3 Å². The van der Waals surface area contributed by atoms with E-state index in [4.69, 9.17) is 0 Å². The number of carbonyl (C=O) groups is 1. The van der Waals surface area contributed by atoms with Crippen LogP contribution in [0.3, 0.4) is 0 Å². The SMILES string of the molecule is CC(C)(C)C(NC(=O)c1cc(S(=O)(=O)N2CCSCC2)c[nH]1)c1ccc(F)cc1. The second-order valence-corrected chi connectivity index (χ2v) is 11.3. The first-order valence-corrected chi connectivity index (χ1v) is 12.0. The van der Waals surface area contributed by atoms with Crippen LogP contribution in [-0.4, -0.2) is 48.2 Å². The second kappa shape index (κ2) is 8.49. The monoisotopic (exact) mass is 439 g/mol. The molecule has 1 fully saturated rings. The fourth-order valence-corrected chi connectivity index (χ4v) is 5.82. The van der Waals surface area contributed by atoms with E-state index in [0.29, 0.717) is 13.1 Å². The van der Waals surface area contributed by atoms with Gasteiger partial charge in [-0.15, -0.1) is 0 Å². The van der Waals surface area contributed by atoms with E-state index in [1.807, 2.05) is 20.8 Å². The molecular formula is C20H26FN3O3S2. The highest BCUT2D eigenvalue weighted by Gasteiger charge is 2.31. The second-order valence-electron chi connectivity index (χ2n) is 8.09. The van der Waals surface area contributed by atoms with Crippen LogP contribution < -0.4 is 5.32 Å². The fourth-order valence-electron chi connectivity index (χ4n) is 3.25. The quantitative estimate of drug-likeness (QED) is 0.748. The standard InChI is InChI=1S/C20H26FN3O3S2/c1-20(2,3)18(14-4-6-15(21)7-5-14)23-19(25)17-12-16(13-22-17)29(26,27)24-8-10-28-11-9-24/h4-7,12-13,18,22H,8-11H2,1-3H3,(H,23,25). The minimum atomic E-state index is -3.62. The number of carbonyl (C=O) groups excluding carboxylic acids is 1. The average Bonchev–Trinajstić information content (AvgIpc) is 3.18. The number of aromatic nitrogens is 1. The van der Waals surface area contributed by atoms with E-state index in [9.17, 15) is 17.6 Å². The summed E-state index contributed by atoms with van der Waals surface area (Å²) in [7, 11) is -3.62. The normalized spacial score (nSPS) is 17.1. The molecule has 1 amide bonds. The maximum atomic E-state index is 13.3. The lowest BCUT2D eigenvalue weighted by Gasteiger charge is -2.32. The zero-order chi connectivity index (χ0) is 21.2. The van der Waals surface area contributed by atoms with Crippen LogP contribution in [0, 0.1) is 11.2 Å². The third-order valence-electron chi connectivity index (χ3n) is 4.85. The Bertz CT molecular complexity index is 960. The van der Waals surface area contributed by atoms with Gasteiger partial charge in [0, 0.05) is 30.8 Å². The molecule has 1 aromatic carbocycles. The van der Waals surface area contributed by atoms with Gasteiger partial charge >= 0.3 is 0 Å². The molecule has 0 radical (unpaired) electrons. The molecule has 29 heavy (non-hydrogen) atoms. The lowest BCUT2D eigenvalue weighted by atomic mass is 9.82. The predicted molar refractivity (Wildman–Crippen MR) is 113 cm³/mol. The van der Waals surface area contributed by atoms with Crippen molar-refractivity contribution in [3.8, 4) is 0 Å². The van der Waals surface area contributed by atoms with Crippen molar-refractivity contribution in [1.29, 1.82) is 0 Å². The molecule has 2 N–H and O–H groups in total. The third kappa shape index (κ3) is 5.02. The molecule has 1 unspecified atom stereocenters. The van der Waals surface area contributed by atoms with Crippen molar-refractivity contribution in [3.05, 3.63) is 53.6 Å². The van der Waals surface area contributed by atoms with Gasteiger partial charge in [0.15, 0.2) is 0 Å². The Balaban J connectivity index is 1.80. The van der Waals surface area contributed by atoms with Crippen molar-refractivity contribution >= 4 is 27.7 Å². The van der Waals surface area contributed by atoms with E-state index in [0.717, 1.165) is 17.1 Å². The minimum Gasteiger partial charge on any atom is -0.356 e. The van der Waals surface area contributed by atoms with Crippen molar-refractivity contribution < 1.29 is 17.6 Å². The number of rotatable bonds is 5. The molecule has 9 heteroatoms. The van der Waals surface area contributed by atoms with Gasteiger partial charge in [-0.3, -0.25) is 4.79 Å². The van der Waals surface area contributed by atoms with E-state index in [-0.39, 0.29) is 27.9 Å². The summed E-state index contributed by atoms with van der Waals surface area (Å²) in [6, 6.07) is 7.00. The number of aromatic amines is 1. The van der Waals surface area contributed by atoms with E-state index in [1.54, 1.807) is 23.9 Å². The first-order valence-electron chi connectivity index (χ1n) is 9.42. The van der Waals surface area contributed by atoms with Crippen LogP contribution in [0.15, 0.2) is 41.4 Å². The molecule has 3 rings (SSSR count). The fraction of sp³-hybridized carbons (Fsp3) is 0.450. The Hall–Kier alpha value is -1.84. The number of hydrogen-bond acceptors (Lipinski definition) is 4. The van der Waals surface area contributed by atoms with Crippen molar-refractivity contribution in [2.24, 2.45) is 5.41 Å². The van der Waals surface area contributed by atoms with Crippen LogP contribution in [-0.2, 0) is 10.0 Å². The minimum absolute atomic E-state index is 0.0867. The largest absolute Gasteiger partial charge is 0.356 e. The van der Waals surface area contributed by atoms with Crippen LogP contribution in [0.2, 0.25) is 0 Å². The molecule has 1 atom stereocenters. The third-order valence-corrected chi connectivity index (χ3v) is 7.67. The van der Waals surface area contributed by atoms with Gasteiger partial charge < -0.3 is 10.3 Å². The molecule has 1 aliphatic heterocycles. The zero-order valence-corrected chi connectivity index (χ0v) is 18.4. The molecule has 0 spiro atoms. The number of amides is 1. The number of H-pyrrole nitrogens is 1. The summed E-state index contributed by atoms with van der Waals surface area (Å²) in [4.78, 5) is 15.7. The Labute approximate surface area is 175 Å². The molecule has 0 saturated carbocycles. The average molecular weight is 440 g/mol. The predicted octanol–water partition coefficient (Wildman–Crippen LogP) is 3.41. The lowest BCUT2D eigenvalue weighted by Crippen LogP contribution is -2.37. The van der Waals surface area contributed by atoms with Crippen molar-refractivity contribution in [1.82, 2.24) is 14.6 Å². The molecule has 2 heterocycles. The summed E-state index contributed by atoms with van der Waals surface area (Å²) in [5, 5.41) is 2.95. The van der Waals surface area contributed by atoms with E-state index in [1.165, 1.54) is 28.7 Å².